The normalized spacial score (nSPS) is 11.3. The van der Waals surface area contributed by atoms with Gasteiger partial charge in [-0.1, -0.05) is 6.07 Å². The zero-order valence-electron chi connectivity index (χ0n) is 18.3. The lowest BCUT2D eigenvalue weighted by Gasteiger charge is -2.14. The second-order valence-electron chi connectivity index (χ2n) is 7.97. The summed E-state index contributed by atoms with van der Waals surface area (Å²) in [7, 11) is 1.79. The smallest absolute Gasteiger partial charge is 0.272 e. The predicted octanol–water partition coefficient (Wildman–Crippen LogP) is 5.49. The maximum absolute atomic E-state index is 14.3. The van der Waals surface area contributed by atoms with E-state index < -0.39 is 11.6 Å². The van der Waals surface area contributed by atoms with Gasteiger partial charge in [-0.3, -0.25) is 4.79 Å². The molecule has 172 valence electrons. The fraction of sp³-hybridized carbons (Fsp3) is 0.115. The second-order valence-corrected chi connectivity index (χ2v) is 7.97. The average molecular weight is 461 g/mol. The molecular formula is C26H21F2N3O3. The molecule has 0 fully saturated rings. The Hall–Kier alpha value is -4.17. The molecule has 8 heteroatoms. The van der Waals surface area contributed by atoms with Crippen LogP contribution >= 0.6 is 0 Å². The molecule has 0 unspecified atom stereocenters. The van der Waals surface area contributed by atoms with Gasteiger partial charge in [0.2, 0.25) is 0 Å². The molecule has 3 heterocycles. The Morgan fingerprint density at radius 3 is 2.62 bits per heavy atom. The SMILES string of the molecule is Cn1cc(-c2cc(CNCc3ccoc3)ccc2Oc2ccc(F)cc2F)c2cc[nH]c(=O)c21. The summed E-state index contributed by atoms with van der Waals surface area (Å²) >= 11 is 0. The van der Waals surface area contributed by atoms with Gasteiger partial charge in [0.05, 0.1) is 12.5 Å². The molecular weight excluding hydrogens is 440 g/mol. The minimum Gasteiger partial charge on any atom is -0.472 e. The number of halogens is 2. The lowest BCUT2D eigenvalue weighted by molar-refractivity contribution is 0.439. The standard InChI is InChI=1S/C26H21F2N3O3/c1-31-14-21(19-6-8-30-26(32)25(19)31)20-10-16(12-29-13-17-7-9-33-15-17)2-4-23(20)34-24-5-3-18(27)11-22(24)28/h2-11,14-15,29H,12-13H2,1H3,(H,30,32). The summed E-state index contributed by atoms with van der Waals surface area (Å²) in [5, 5.41) is 4.09. The first-order chi connectivity index (χ1) is 16.5. The molecule has 0 aliphatic carbocycles. The number of pyridine rings is 1. The summed E-state index contributed by atoms with van der Waals surface area (Å²) in [6.07, 6.45) is 6.73. The van der Waals surface area contributed by atoms with Crippen molar-refractivity contribution in [3.05, 3.63) is 107 Å². The van der Waals surface area contributed by atoms with Gasteiger partial charge in [0.25, 0.3) is 5.56 Å². The molecule has 0 radical (unpaired) electrons. The molecule has 5 aromatic rings. The largest absolute Gasteiger partial charge is 0.472 e. The number of hydrogen-bond donors (Lipinski definition) is 2. The molecule has 0 aliphatic heterocycles. The number of ether oxygens (including phenoxy) is 1. The van der Waals surface area contributed by atoms with Crippen molar-refractivity contribution in [3.8, 4) is 22.6 Å². The fourth-order valence-electron chi connectivity index (χ4n) is 3.99. The van der Waals surface area contributed by atoms with Crippen LogP contribution in [-0.4, -0.2) is 9.55 Å². The van der Waals surface area contributed by atoms with E-state index in [9.17, 15) is 13.6 Å². The molecule has 0 aliphatic rings. The van der Waals surface area contributed by atoms with Crippen LogP contribution in [0.3, 0.4) is 0 Å². The highest BCUT2D eigenvalue weighted by Crippen LogP contribution is 2.38. The summed E-state index contributed by atoms with van der Waals surface area (Å²) in [5.74, 6) is -1.19. The van der Waals surface area contributed by atoms with Gasteiger partial charge in [0, 0.05) is 60.7 Å². The van der Waals surface area contributed by atoms with Gasteiger partial charge in [0.15, 0.2) is 11.6 Å². The number of nitrogens with one attached hydrogen (secondary N) is 2. The number of H-pyrrole nitrogens is 1. The van der Waals surface area contributed by atoms with Crippen molar-refractivity contribution in [2.75, 3.05) is 0 Å². The van der Waals surface area contributed by atoms with Crippen LogP contribution in [0.4, 0.5) is 8.78 Å². The molecule has 0 amide bonds. The molecule has 5 rings (SSSR count). The Bertz CT molecular complexity index is 1520. The minimum absolute atomic E-state index is 0.0911. The predicted molar refractivity (Wildman–Crippen MR) is 125 cm³/mol. The van der Waals surface area contributed by atoms with Crippen LogP contribution in [0.1, 0.15) is 11.1 Å². The first-order valence-corrected chi connectivity index (χ1v) is 10.6. The monoisotopic (exact) mass is 461 g/mol. The van der Waals surface area contributed by atoms with E-state index in [-0.39, 0.29) is 11.3 Å². The van der Waals surface area contributed by atoms with Crippen LogP contribution in [0.25, 0.3) is 22.0 Å². The highest BCUT2D eigenvalue weighted by molar-refractivity contribution is 5.97. The third kappa shape index (κ3) is 4.23. The fourth-order valence-corrected chi connectivity index (χ4v) is 3.99. The first-order valence-electron chi connectivity index (χ1n) is 10.6. The van der Waals surface area contributed by atoms with E-state index in [0.717, 1.165) is 34.2 Å². The molecule has 2 N–H and O–H groups in total. The van der Waals surface area contributed by atoms with Crippen molar-refractivity contribution in [2.24, 2.45) is 7.05 Å². The third-order valence-corrected chi connectivity index (χ3v) is 5.59. The van der Waals surface area contributed by atoms with E-state index in [1.165, 1.54) is 6.07 Å². The Morgan fingerprint density at radius 2 is 1.82 bits per heavy atom. The summed E-state index contributed by atoms with van der Waals surface area (Å²) in [4.78, 5) is 15.1. The molecule has 3 aromatic heterocycles. The number of benzene rings is 2. The quantitative estimate of drug-likeness (QED) is 0.336. The van der Waals surface area contributed by atoms with Crippen molar-refractivity contribution >= 4 is 10.9 Å². The van der Waals surface area contributed by atoms with Gasteiger partial charge in [0.1, 0.15) is 17.1 Å². The van der Waals surface area contributed by atoms with E-state index in [1.54, 1.807) is 36.4 Å². The average Bonchev–Trinajstić information content (AvgIpc) is 3.45. The molecule has 0 saturated carbocycles. The topological polar surface area (TPSA) is 72.2 Å². The molecule has 0 saturated heterocycles. The van der Waals surface area contributed by atoms with Crippen LogP contribution in [0.5, 0.6) is 11.5 Å². The maximum Gasteiger partial charge on any atom is 0.272 e. The number of furan rings is 1. The summed E-state index contributed by atoms with van der Waals surface area (Å²) in [6, 6.07) is 12.4. The minimum atomic E-state index is -0.800. The lowest BCUT2D eigenvalue weighted by atomic mass is 10.0. The number of hydrogen-bond acceptors (Lipinski definition) is 4. The van der Waals surface area contributed by atoms with Crippen LogP contribution in [0.2, 0.25) is 0 Å². The third-order valence-electron chi connectivity index (χ3n) is 5.59. The Labute approximate surface area is 193 Å². The number of aryl methyl sites for hydroxylation is 1. The number of fused-ring (bicyclic) bond motifs is 1. The lowest BCUT2D eigenvalue weighted by Crippen LogP contribution is -2.12. The van der Waals surface area contributed by atoms with Crippen molar-refractivity contribution < 1.29 is 17.9 Å². The van der Waals surface area contributed by atoms with Gasteiger partial charge in [-0.05, 0) is 42.0 Å². The van der Waals surface area contributed by atoms with Gasteiger partial charge in [-0.15, -0.1) is 0 Å². The number of aromatic amines is 1. The molecule has 0 bridgehead atoms. The van der Waals surface area contributed by atoms with E-state index >= 15 is 0 Å². The highest BCUT2D eigenvalue weighted by Gasteiger charge is 2.17. The van der Waals surface area contributed by atoms with Crippen molar-refractivity contribution in [3.63, 3.8) is 0 Å². The second kappa shape index (κ2) is 8.99. The van der Waals surface area contributed by atoms with Crippen molar-refractivity contribution in [1.82, 2.24) is 14.9 Å². The van der Waals surface area contributed by atoms with Crippen LogP contribution < -0.4 is 15.6 Å². The molecule has 6 nitrogen and oxygen atoms in total. The van der Waals surface area contributed by atoms with E-state index in [1.807, 2.05) is 30.5 Å². The molecule has 0 atom stereocenters. The zero-order valence-corrected chi connectivity index (χ0v) is 18.3. The summed E-state index contributed by atoms with van der Waals surface area (Å²) in [6.45, 7) is 1.20. The van der Waals surface area contributed by atoms with Gasteiger partial charge in [-0.2, -0.15) is 0 Å². The molecule has 0 spiro atoms. The molecule has 2 aromatic carbocycles. The molecule has 34 heavy (non-hydrogen) atoms. The number of rotatable bonds is 7. The van der Waals surface area contributed by atoms with Crippen LogP contribution in [0, 0.1) is 11.6 Å². The summed E-state index contributed by atoms with van der Waals surface area (Å²) < 4.78 is 40.4. The summed E-state index contributed by atoms with van der Waals surface area (Å²) in [5.41, 5.74) is 3.74. The van der Waals surface area contributed by atoms with E-state index in [4.69, 9.17) is 9.15 Å². The Kier molecular flexibility index (Phi) is 5.73. The number of aromatic nitrogens is 2. The maximum atomic E-state index is 14.3. The van der Waals surface area contributed by atoms with Crippen molar-refractivity contribution in [1.29, 1.82) is 0 Å². The Balaban J connectivity index is 1.56. The highest BCUT2D eigenvalue weighted by atomic mass is 19.1. The van der Waals surface area contributed by atoms with Crippen LogP contribution in [-0.2, 0) is 20.1 Å². The van der Waals surface area contributed by atoms with Gasteiger partial charge < -0.3 is 24.0 Å². The van der Waals surface area contributed by atoms with E-state index in [2.05, 4.69) is 10.3 Å². The van der Waals surface area contributed by atoms with Gasteiger partial charge >= 0.3 is 0 Å². The van der Waals surface area contributed by atoms with Gasteiger partial charge in [-0.25, -0.2) is 8.78 Å². The van der Waals surface area contributed by atoms with Crippen LogP contribution in [0.15, 0.2) is 82.7 Å². The zero-order chi connectivity index (χ0) is 23.7. The van der Waals surface area contributed by atoms with E-state index in [0.29, 0.717) is 29.9 Å². The Morgan fingerprint density at radius 1 is 1.00 bits per heavy atom. The first kappa shape index (κ1) is 21.7. The number of nitrogens with zero attached hydrogens (tertiary/aromatic N) is 1. The van der Waals surface area contributed by atoms with Crippen molar-refractivity contribution in [2.45, 2.75) is 13.1 Å².